The number of carbonyl (C=O) groups excluding carboxylic acids is 1. The van der Waals surface area contributed by atoms with Crippen LogP contribution in [0.5, 0.6) is 0 Å². The summed E-state index contributed by atoms with van der Waals surface area (Å²) in [4.78, 5) is 19.2. The Balaban J connectivity index is 1.67. The van der Waals surface area contributed by atoms with Crippen LogP contribution in [0.4, 0.5) is 4.79 Å². The Hall–Kier alpha value is -1.14. The van der Waals surface area contributed by atoms with Crippen molar-refractivity contribution in [3.8, 4) is 0 Å². The van der Waals surface area contributed by atoms with Gasteiger partial charge in [-0.2, -0.15) is 0 Å². The fraction of sp³-hybridized carbons (Fsp3) is 0.750. The Morgan fingerprint density at radius 1 is 1.50 bits per heavy atom. The van der Waals surface area contributed by atoms with E-state index in [9.17, 15) is 9.90 Å². The molecule has 3 rings (SSSR count). The van der Waals surface area contributed by atoms with E-state index in [0.717, 1.165) is 36.5 Å². The van der Waals surface area contributed by atoms with E-state index in [1.165, 1.54) is 12.8 Å². The number of piperidine rings is 1. The van der Waals surface area contributed by atoms with Crippen molar-refractivity contribution in [2.24, 2.45) is 5.92 Å². The molecule has 0 spiro atoms. The minimum Gasteiger partial charge on any atom is -0.396 e. The largest absolute Gasteiger partial charge is 0.396 e. The summed E-state index contributed by atoms with van der Waals surface area (Å²) in [5.41, 5.74) is 1.02. The molecule has 6 heteroatoms. The average Bonchev–Trinajstić information content (AvgIpc) is 3.27. The molecule has 122 valence electrons. The minimum atomic E-state index is 0.0166. The number of rotatable bonds is 5. The monoisotopic (exact) mass is 323 g/mol. The number of carbonyl (C=O) groups is 1. The topological polar surface area (TPSA) is 65.5 Å². The van der Waals surface area contributed by atoms with Crippen LogP contribution in [0, 0.1) is 12.8 Å². The Labute approximate surface area is 135 Å². The summed E-state index contributed by atoms with van der Waals surface area (Å²) in [5, 5.41) is 15.5. The molecular weight excluding hydrogens is 298 g/mol. The number of likely N-dealkylation sites (tertiary alicyclic amines) is 1. The van der Waals surface area contributed by atoms with E-state index < -0.39 is 0 Å². The summed E-state index contributed by atoms with van der Waals surface area (Å²) < 4.78 is 0. The molecule has 2 heterocycles. The zero-order valence-electron chi connectivity index (χ0n) is 13.1. The number of aromatic nitrogens is 1. The van der Waals surface area contributed by atoms with Gasteiger partial charge in [-0.05, 0) is 51.4 Å². The molecule has 1 aromatic rings. The van der Waals surface area contributed by atoms with Crippen LogP contribution >= 0.6 is 11.3 Å². The van der Waals surface area contributed by atoms with E-state index >= 15 is 0 Å². The van der Waals surface area contributed by atoms with Gasteiger partial charge < -0.3 is 15.3 Å². The third-order valence-electron chi connectivity index (χ3n) is 4.63. The van der Waals surface area contributed by atoms with E-state index in [1.54, 1.807) is 11.3 Å². The molecule has 2 N–H and O–H groups in total. The Kier molecular flexibility index (Phi) is 4.98. The van der Waals surface area contributed by atoms with Gasteiger partial charge in [0.1, 0.15) is 5.01 Å². The number of aryl methyl sites for hydroxylation is 1. The van der Waals surface area contributed by atoms with Gasteiger partial charge in [-0.15, -0.1) is 11.3 Å². The molecule has 2 aliphatic rings. The number of hydrogen-bond acceptors (Lipinski definition) is 4. The number of amides is 2. The molecule has 2 atom stereocenters. The van der Waals surface area contributed by atoms with Crippen LogP contribution in [0.2, 0.25) is 0 Å². The first kappa shape index (κ1) is 15.7. The molecule has 5 nitrogen and oxygen atoms in total. The third-order valence-corrected chi connectivity index (χ3v) is 5.67. The van der Waals surface area contributed by atoms with E-state index in [-0.39, 0.29) is 24.7 Å². The second-order valence-electron chi connectivity index (χ2n) is 6.45. The Morgan fingerprint density at radius 3 is 2.95 bits per heavy atom. The second kappa shape index (κ2) is 6.96. The van der Waals surface area contributed by atoms with Gasteiger partial charge in [0.15, 0.2) is 0 Å². The highest BCUT2D eigenvalue weighted by molar-refractivity contribution is 7.09. The first-order valence-electron chi connectivity index (χ1n) is 8.29. The number of nitrogens with one attached hydrogen (secondary N) is 1. The summed E-state index contributed by atoms with van der Waals surface area (Å²) in [6, 6.07) is 0.252. The molecule has 2 fully saturated rings. The van der Waals surface area contributed by atoms with Gasteiger partial charge in [0, 0.05) is 30.3 Å². The van der Waals surface area contributed by atoms with Gasteiger partial charge >= 0.3 is 6.03 Å². The Morgan fingerprint density at radius 2 is 2.32 bits per heavy atom. The standard InChI is InChI=1S/C16H25N3O2S/c1-11-10-22-15(17-11)14(12-5-6-12)18-16(21)19-8-3-2-4-13(19)7-9-20/h10,12-14,20H,2-9H2,1H3,(H,18,21). The number of urea groups is 1. The summed E-state index contributed by atoms with van der Waals surface area (Å²) in [5.74, 6) is 0.538. The molecule has 1 aliphatic carbocycles. The highest BCUT2D eigenvalue weighted by Gasteiger charge is 2.37. The zero-order valence-corrected chi connectivity index (χ0v) is 13.9. The van der Waals surface area contributed by atoms with E-state index in [1.807, 2.05) is 17.2 Å². The summed E-state index contributed by atoms with van der Waals surface area (Å²) in [6.07, 6.45) is 6.22. The summed E-state index contributed by atoms with van der Waals surface area (Å²) in [6.45, 7) is 2.94. The van der Waals surface area contributed by atoms with Gasteiger partial charge in [0.05, 0.1) is 6.04 Å². The van der Waals surface area contributed by atoms with Gasteiger partial charge in [-0.1, -0.05) is 0 Å². The minimum absolute atomic E-state index is 0.0166. The average molecular weight is 323 g/mol. The van der Waals surface area contributed by atoms with Crippen LogP contribution in [0.25, 0.3) is 0 Å². The lowest BCUT2D eigenvalue weighted by Crippen LogP contribution is -2.50. The molecule has 1 aliphatic heterocycles. The summed E-state index contributed by atoms with van der Waals surface area (Å²) in [7, 11) is 0. The van der Waals surface area contributed by atoms with Crippen LogP contribution in [-0.4, -0.2) is 40.2 Å². The van der Waals surface area contributed by atoms with Gasteiger partial charge in [0.25, 0.3) is 0 Å². The van der Waals surface area contributed by atoms with Crippen molar-refractivity contribution in [2.45, 2.75) is 57.5 Å². The normalized spacial score (nSPS) is 23.4. The van der Waals surface area contributed by atoms with Crippen LogP contribution < -0.4 is 5.32 Å². The van der Waals surface area contributed by atoms with Crippen molar-refractivity contribution < 1.29 is 9.90 Å². The number of aliphatic hydroxyl groups is 1. The number of thiazole rings is 1. The number of nitrogens with zero attached hydrogens (tertiary/aromatic N) is 2. The first-order valence-corrected chi connectivity index (χ1v) is 9.17. The molecular formula is C16H25N3O2S. The molecule has 0 bridgehead atoms. The number of hydrogen-bond donors (Lipinski definition) is 2. The predicted octanol–water partition coefficient (Wildman–Crippen LogP) is 2.85. The fourth-order valence-corrected chi connectivity index (χ4v) is 4.20. The summed E-state index contributed by atoms with van der Waals surface area (Å²) >= 11 is 1.64. The zero-order chi connectivity index (χ0) is 15.5. The van der Waals surface area contributed by atoms with Crippen molar-refractivity contribution in [2.75, 3.05) is 13.2 Å². The predicted molar refractivity (Wildman–Crippen MR) is 86.9 cm³/mol. The maximum atomic E-state index is 12.7. The second-order valence-corrected chi connectivity index (χ2v) is 7.34. The van der Waals surface area contributed by atoms with E-state index in [4.69, 9.17) is 0 Å². The molecule has 1 saturated heterocycles. The lowest BCUT2D eigenvalue weighted by atomic mass is 10.00. The maximum absolute atomic E-state index is 12.7. The molecule has 22 heavy (non-hydrogen) atoms. The van der Waals surface area contributed by atoms with Crippen LogP contribution in [0.3, 0.4) is 0 Å². The molecule has 0 aromatic carbocycles. The van der Waals surface area contributed by atoms with Crippen LogP contribution in [0.1, 0.15) is 55.3 Å². The van der Waals surface area contributed by atoms with E-state index in [2.05, 4.69) is 10.3 Å². The van der Waals surface area contributed by atoms with Crippen LogP contribution in [0.15, 0.2) is 5.38 Å². The SMILES string of the molecule is Cc1csc(C(NC(=O)N2CCCCC2CCO)C2CC2)n1. The van der Waals surface area contributed by atoms with Crippen LogP contribution in [-0.2, 0) is 0 Å². The highest BCUT2D eigenvalue weighted by Crippen LogP contribution is 2.42. The molecule has 1 aromatic heterocycles. The van der Waals surface area contributed by atoms with Gasteiger partial charge in [0.2, 0.25) is 0 Å². The molecule has 0 radical (unpaired) electrons. The lowest BCUT2D eigenvalue weighted by Gasteiger charge is -2.36. The number of aliphatic hydroxyl groups excluding tert-OH is 1. The van der Waals surface area contributed by atoms with Crippen molar-refractivity contribution in [1.29, 1.82) is 0 Å². The van der Waals surface area contributed by atoms with Gasteiger partial charge in [-0.3, -0.25) is 0 Å². The van der Waals surface area contributed by atoms with Crippen molar-refractivity contribution >= 4 is 17.4 Å². The molecule has 1 saturated carbocycles. The Bertz CT molecular complexity index is 513. The maximum Gasteiger partial charge on any atom is 0.318 e. The third kappa shape index (κ3) is 3.60. The quantitative estimate of drug-likeness (QED) is 0.875. The van der Waals surface area contributed by atoms with Gasteiger partial charge in [-0.25, -0.2) is 9.78 Å². The lowest BCUT2D eigenvalue weighted by molar-refractivity contribution is 0.128. The van der Waals surface area contributed by atoms with Crippen molar-refractivity contribution in [3.63, 3.8) is 0 Å². The van der Waals surface area contributed by atoms with E-state index in [0.29, 0.717) is 12.3 Å². The molecule has 2 amide bonds. The first-order chi connectivity index (χ1) is 10.7. The molecule has 2 unspecified atom stereocenters. The fourth-order valence-electron chi connectivity index (χ4n) is 3.26. The smallest absolute Gasteiger partial charge is 0.318 e. The van der Waals surface area contributed by atoms with Crippen molar-refractivity contribution in [3.05, 3.63) is 16.1 Å². The van der Waals surface area contributed by atoms with Crippen molar-refractivity contribution in [1.82, 2.24) is 15.2 Å². The highest BCUT2D eigenvalue weighted by atomic mass is 32.1.